The zero-order valence-corrected chi connectivity index (χ0v) is 16.3. The molecule has 0 heterocycles. The Morgan fingerprint density at radius 2 is 1.85 bits per heavy atom. The number of nitrogens with one attached hydrogen (secondary N) is 1. The Bertz CT molecular complexity index is 734. The van der Waals surface area contributed by atoms with Crippen LogP contribution in [0.1, 0.15) is 24.1 Å². The summed E-state index contributed by atoms with van der Waals surface area (Å²) in [4.78, 5) is 14.3. The number of hydrogen-bond donors (Lipinski definition) is 1. The van der Waals surface area contributed by atoms with Gasteiger partial charge in [-0.2, -0.15) is 0 Å². The number of likely N-dealkylation sites (N-methyl/N-ethyl adjacent to an activating group) is 1. The molecule has 0 aliphatic heterocycles. The molecule has 2 aromatic rings. The molecule has 2 aromatic carbocycles. The van der Waals surface area contributed by atoms with E-state index < -0.39 is 0 Å². The van der Waals surface area contributed by atoms with Gasteiger partial charge in [0.05, 0.1) is 26.8 Å². The van der Waals surface area contributed by atoms with Crippen molar-refractivity contribution in [3.8, 4) is 11.5 Å². The molecule has 0 saturated carbocycles. The summed E-state index contributed by atoms with van der Waals surface area (Å²) in [6.07, 6.45) is 0. The third kappa shape index (κ3) is 5.64. The Morgan fingerprint density at radius 3 is 2.46 bits per heavy atom. The summed E-state index contributed by atoms with van der Waals surface area (Å²) in [5, 5.41) is 3.71. The van der Waals surface area contributed by atoms with Crippen LogP contribution in [0.25, 0.3) is 0 Å². The Labute approximate surface area is 159 Å². The first-order valence-electron chi connectivity index (χ1n) is 8.37. The maximum atomic E-state index is 12.4. The van der Waals surface area contributed by atoms with E-state index in [1.165, 1.54) is 0 Å². The number of halogens is 1. The lowest BCUT2D eigenvalue weighted by molar-refractivity contribution is -0.122. The van der Waals surface area contributed by atoms with Gasteiger partial charge in [-0.1, -0.05) is 23.7 Å². The molecule has 0 radical (unpaired) electrons. The van der Waals surface area contributed by atoms with Crippen LogP contribution in [0.4, 0.5) is 0 Å². The summed E-state index contributed by atoms with van der Waals surface area (Å²) in [6.45, 7) is 2.88. The lowest BCUT2D eigenvalue weighted by atomic mass is 10.1. The summed E-state index contributed by atoms with van der Waals surface area (Å²) in [5.41, 5.74) is 1.98. The van der Waals surface area contributed by atoms with Crippen molar-refractivity contribution in [1.29, 1.82) is 0 Å². The highest BCUT2D eigenvalue weighted by Gasteiger charge is 2.16. The molecule has 0 saturated heterocycles. The number of carbonyl (C=O) groups excluding carboxylic acids is 1. The van der Waals surface area contributed by atoms with Crippen molar-refractivity contribution in [1.82, 2.24) is 10.2 Å². The maximum absolute atomic E-state index is 12.4. The van der Waals surface area contributed by atoms with Crippen LogP contribution in [-0.2, 0) is 11.3 Å². The van der Waals surface area contributed by atoms with Gasteiger partial charge in [-0.25, -0.2) is 0 Å². The van der Waals surface area contributed by atoms with Gasteiger partial charge in [0, 0.05) is 17.1 Å². The van der Waals surface area contributed by atoms with E-state index in [9.17, 15) is 4.79 Å². The molecule has 0 bridgehead atoms. The van der Waals surface area contributed by atoms with Crippen LogP contribution < -0.4 is 14.8 Å². The minimum absolute atomic E-state index is 0.0566. The van der Waals surface area contributed by atoms with Crippen LogP contribution >= 0.6 is 11.6 Å². The molecule has 0 aliphatic carbocycles. The zero-order valence-electron chi connectivity index (χ0n) is 15.6. The molecule has 0 aliphatic rings. The fourth-order valence-corrected chi connectivity index (χ4v) is 2.87. The van der Waals surface area contributed by atoms with Crippen molar-refractivity contribution in [2.24, 2.45) is 0 Å². The largest absolute Gasteiger partial charge is 0.497 e. The number of nitrogens with zero attached hydrogens (tertiary/aromatic N) is 1. The van der Waals surface area contributed by atoms with Gasteiger partial charge >= 0.3 is 0 Å². The number of methoxy groups -OCH3 is 2. The summed E-state index contributed by atoms with van der Waals surface area (Å²) in [7, 11) is 5.13. The van der Waals surface area contributed by atoms with Crippen molar-refractivity contribution in [2.75, 3.05) is 27.8 Å². The van der Waals surface area contributed by atoms with Crippen LogP contribution in [0, 0.1) is 0 Å². The molecule has 140 valence electrons. The van der Waals surface area contributed by atoms with Gasteiger partial charge in [-0.05, 0) is 49.9 Å². The van der Waals surface area contributed by atoms with Crippen LogP contribution in [-0.4, -0.2) is 38.6 Å². The van der Waals surface area contributed by atoms with E-state index in [0.29, 0.717) is 23.9 Å². The fraction of sp³-hybridized carbons (Fsp3) is 0.350. The van der Waals surface area contributed by atoms with E-state index in [2.05, 4.69) is 5.32 Å². The number of ether oxygens (including phenoxy) is 2. The SMILES string of the molecule is COc1ccc(OC)c(C(C)NC(=O)CN(C)Cc2ccc(Cl)cc2)c1. The van der Waals surface area contributed by atoms with Crippen molar-refractivity contribution in [3.05, 3.63) is 58.6 Å². The van der Waals surface area contributed by atoms with Crippen molar-refractivity contribution in [3.63, 3.8) is 0 Å². The Morgan fingerprint density at radius 1 is 1.15 bits per heavy atom. The average Bonchev–Trinajstić information content (AvgIpc) is 2.62. The molecule has 0 aromatic heterocycles. The van der Waals surface area contributed by atoms with Gasteiger partial charge in [0.1, 0.15) is 11.5 Å². The van der Waals surface area contributed by atoms with E-state index in [1.807, 2.05) is 61.3 Å². The van der Waals surface area contributed by atoms with Gasteiger partial charge in [0.25, 0.3) is 0 Å². The van der Waals surface area contributed by atoms with Crippen molar-refractivity contribution < 1.29 is 14.3 Å². The summed E-state index contributed by atoms with van der Waals surface area (Å²) >= 11 is 5.90. The maximum Gasteiger partial charge on any atom is 0.234 e. The van der Waals surface area contributed by atoms with E-state index in [-0.39, 0.29) is 11.9 Å². The lowest BCUT2D eigenvalue weighted by Gasteiger charge is -2.21. The van der Waals surface area contributed by atoms with Gasteiger partial charge in [0.2, 0.25) is 5.91 Å². The first kappa shape index (κ1) is 20.1. The van der Waals surface area contributed by atoms with E-state index in [4.69, 9.17) is 21.1 Å². The molecule has 5 nitrogen and oxygen atoms in total. The van der Waals surface area contributed by atoms with Crippen LogP contribution in [0.3, 0.4) is 0 Å². The van der Waals surface area contributed by atoms with Crippen molar-refractivity contribution in [2.45, 2.75) is 19.5 Å². The molecular formula is C20H25ClN2O3. The first-order valence-corrected chi connectivity index (χ1v) is 8.75. The number of rotatable bonds is 8. The molecule has 2 rings (SSSR count). The molecule has 26 heavy (non-hydrogen) atoms. The summed E-state index contributed by atoms with van der Waals surface area (Å²) < 4.78 is 10.7. The zero-order chi connectivity index (χ0) is 19.1. The number of hydrogen-bond acceptors (Lipinski definition) is 4. The molecule has 0 fully saturated rings. The third-order valence-electron chi connectivity index (χ3n) is 4.06. The van der Waals surface area contributed by atoms with E-state index in [0.717, 1.165) is 16.9 Å². The summed E-state index contributed by atoms with van der Waals surface area (Å²) in [6, 6.07) is 13.0. The predicted octanol–water partition coefficient (Wildman–Crippen LogP) is 3.67. The van der Waals surface area contributed by atoms with E-state index in [1.54, 1.807) is 14.2 Å². The topological polar surface area (TPSA) is 50.8 Å². The Hall–Kier alpha value is -2.24. The van der Waals surface area contributed by atoms with Crippen LogP contribution in [0.5, 0.6) is 11.5 Å². The standard InChI is InChI=1S/C20H25ClN2O3/c1-14(18-11-17(25-3)9-10-19(18)26-4)22-20(24)13-23(2)12-15-5-7-16(21)8-6-15/h5-11,14H,12-13H2,1-4H3,(H,22,24). The minimum atomic E-state index is -0.198. The second-order valence-corrected chi connectivity index (χ2v) is 6.63. The predicted molar refractivity (Wildman–Crippen MR) is 104 cm³/mol. The highest BCUT2D eigenvalue weighted by molar-refractivity contribution is 6.30. The van der Waals surface area contributed by atoms with Crippen molar-refractivity contribution >= 4 is 17.5 Å². The van der Waals surface area contributed by atoms with E-state index >= 15 is 0 Å². The second kappa shape index (κ2) is 9.46. The van der Waals surface area contributed by atoms with Gasteiger partial charge in [-0.3, -0.25) is 9.69 Å². The van der Waals surface area contributed by atoms with Crippen LogP contribution in [0.2, 0.25) is 5.02 Å². The lowest BCUT2D eigenvalue weighted by Crippen LogP contribution is -2.36. The Balaban J connectivity index is 1.95. The molecule has 1 amide bonds. The molecule has 0 spiro atoms. The van der Waals surface area contributed by atoms with Gasteiger partial charge in [0.15, 0.2) is 0 Å². The number of carbonyl (C=O) groups is 1. The molecular weight excluding hydrogens is 352 g/mol. The molecule has 1 atom stereocenters. The molecule has 6 heteroatoms. The highest BCUT2D eigenvalue weighted by atomic mass is 35.5. The monoisotopic (exact) mass is 376 g/mol. The molecule has 1 N–H and O–H groups in total. The smallest absolute Gasteiger partial charge is 0.234 e. The second-order valence-electron chi connectivity index (χ2n) is 6.20. The summed E-state index contributed by atoms with van der Waals surface area (Å²) in [5.74, 6) is 1.38. The first-order chi connectivity index (χ1) is 12.4. The quantitative estimate of drug-likeness (QED) is 0.763. The van der Waals surface area contributed by atoms with Gasteiger partial charge in [-0.15, -0.1) is 0 Å². The average molecular weight is 377 g/mol. The van der Waals surface area contributed by atoms with Gasteiger partial charge < -0.3 is 14.8 Å². The molecule has 1 unspecified atom stereocenters. The van der Waals surface area contributed by atoms with Crippen LogP contribution in [0.15, 0.2) is 42.5 Å². The normalized spacial score (nSPS) is 11.9. The number of benzene rings is 2. The highest BCUT2D eigenvalue weighted by Crippen LogP contribution is 2.29. The fourth-order valence-electron chi connectivity index (χ4n) is 2.75. The number of amides is 1. The Kier molecular flexibility index (Phi) is 7.30. The minimum Gasteiger partial charge on any atom is -0.497 e. The third-order valence-corrected chi connectivity index (χ3v) is 4.31.